The summed E-state index contributed by atoms with van der Waals surface area (Å²) in [6, 6.07) is 3.74. The van der Waals surface area contributed by atoms with E-state index < -0.39 is 0 Å². The normalized spacial score (nSPS) is 10.4. The smallest absolute Gasteiger partial charge is 0.163 e. The second-order valence-electron chi connectivity index (χ2n) is 3.78. The molecule has 2 aromatic rings. The quantitative estimate of drug-likeness (QED) is 0.723. The maximum absolute atomic E-state index is 11.5. The van der Waals surface area contributed by atoms with Crippen LogP contribution in [0.15, 0.2) is 28.9 Å². The molecule has 0 N–H and O–H groups in total. The number of furan rings is 1. The highest BCUT2D eigenvalue weighted by Crippen LogP contribution is 2.30. The van der Waals surface area contributed by atoms with E-state index in [1.54, 1.807) is 19.3 Å². The highest BCUT2D eigenvalue weighted by molar-refractivity contribution is 5.98. The van der Waals surface area contributed by atoms with Crippen molar-refractivity contribution in [2.24, 2.45) is 0 Å². The molecule has 0 aliphatic carbocycles. The van der Waals surface area contributed by atoms with Crippen molar-refractivity contribution >= 4 is 5.78 Å². The Morgan fingerprint density at radius 3 is 2.38 bits per heavy atom. The zero-order valence-corrected chi connectivity index (χ0v) is 9.57. The summed E-state index contributed by atoms with van der Waals surface area (Å²) in [6.07, 6.45) is 3.42. The Bertz CT molecular complexity index is 526. The van der Waals surface area contributed by atoms with Gasteiger partial charge in [0.2, 0.25) is 0 Å². The lowest BCUT2D eigenvalue weighted by molar-refractivity contribution is 0.101. The fourth-order valence-electron chi connectivity index (χ4n) is 1.95. The van der Waals surface area contributed by atoms with Crippen LogP contribution in [-0.4, -0.2) is 10.8 Å². The minimum absolute atomic E-state index is 0.0408. The van der Waals surface area contributed by atoms with E-state index in [1.165, 1.54) is 0 Å². The van der Waals surface area contributed by atoms with Crippen molar-refractivity contribution in [1.29, 1.82) is 0 Å². The number of aryl methyl sites for hydroxylation is 1. The first-order valence-electron chi connectivity index (χ1n) is 5.12. The van der Waals surface area contributed by atoms with E-state index in [4.69, 9.17) is 4.42 Å². The molecule has 2 rings (SSSR count). The van der Waals surface area contributed by atoms with Gasteiger partial charge in [0.25, 0.3) is 0 Å². The predicted octanol–water partition coefficient (Wildman–Crippen LogP) is 3.16. The number of carbonyl (C=O) groups is 1. The molecule has 2 heterocycles. The molecule has 0 amide bonds. The third-order valence-electron chi connectivity index (χ3n) is 2.62. The molecule has 0 bridgehead atoms. The Morgan fingerprint density at radius 2 is 1.88 bits per heavy atom. The van der Waals surface area contributed by atoms with E-state index in [1.807, 2.05) is 26.0 Å². The summed E-state index contributed by atoms with van der Waals surface area (Å²) in [5.74, 6) is 1.47. The van der Waals surface area contributed by atoms with Crippen molar-refractivity contribution in [3.05, 3.63) is 41.4 Å². The second kappa shape index (κ2) is 3.93. The van der Waals surface area contributed by atoms with Crippen LogP contribution >= 0.6 is 0 Å². The van der Waals surface area contributed by atoms with Crippen molar-refractivity contribution in [2.45, 2.75) is 20.8 Å². The number of hydrogen-bond donors (Lipinski definition) is 0. The molecule has 0 aliphatic rings. The number of nitrogens with zero attached hydrogens (tertiary/aromatic N) is 1. The zero-order chi connectivity index (χ0) is 11.7. The first kappa shape index (κ1) is 10.6. The van der Waals surface area contributed by atoms with Crippen LogP contribution in [0.25, 0.3) is 11.3 Å². The van der Waals surface area contributed by atoms with E-state index in [2.05, 4.69) is 4.98 Å². The lowest BCUT2D eigenvalue weighted by Crippen LogP contribution is -1.94. The van der Waals surface area contributed by atoms with Gasteiger partial charge in [0, 0.05) is 23.5 Å². The first-order valence-corrected chi connectivity index (χ1v) is 5.12. The molecule has 0 fully saturated rings. The lowest BCUT2D eigenvalue weighted by atomic mass is 10.0. The van der Waals surface area contributed by atoms with E-state index >= 15 is 0 Å². The molecule has 3 nitrogen and oxygen atoms in total. The first-order chi connectivity index (χ1) is 7.61. The van der Waals surface area contributed by atoms with Crippen LogP contribution in [0.4, 0.5) is 0 Å². The van der Waals surface area contributed by atoms with Crippen LogP contribution in [0.3, 0.4) is 0 Å². The van der Waals surface area contributed by atoms with Gasteiger partial charge in [0.1, 0.15) is 11.5 Å². The number of rotatable bonds is 2. The largest absolute Gasteiger partial charge is 0.460 e. The van der Waals surface area contributed by atoms with Gasteiger partial charge in [-0.05, 0) is 32.9 Å². The summed E-state index contributed by atoms with van der Waals surface area (Å²) >= 11 is 0. The van der Waals surface area contributed by atoms with Crippen LogP contribution in [0.5, 0.6) is 0 Å². The number of ketones is 1. The van der Waals surface area contributed by atoms with Crippen LogP contribution in [0, 0.1) is 13.8 Å². The molecule has 0 aliphatic heterocycles. The standard InChI is InChI=1S/C13H13NO2/c1-8-12(9(2)15)10(3)16-13(8)11-4-6-14-7-5-11/h4-7H,1-3H3. The van der Waals surface area contributed by atoms with Gasteiger partial charge in [-0.3, -0.25) is 9.78 Å². The number of hydrogen-bond acceptors (Lipinski definition) is 3. The van der Waals surface area contributed by atoms with Gasteiger partial charge >= 0.3 is 0 Å². The molecule has 2 aromatic heterocycles. The SMILES string of the molecule is CC(=O)c1c(C)oc(-c2ccncc2)c1C. The Hall–Kier alpha value is -1.90. The van der Waals surface area contributed by atoms with Crippen molar-refractivity contribution in [3.8, 4) is 11.3 Å². The third kappa shape index (κ3) is 1.65. The summed E-state index contributed by atoms with van der Waals surface area (Å²) in [5, 5.41) is 0. The highest BCUT2D eigenvalue weighted by atomic mass is 16.3. The summed E-state index contributed by atoms with van der Waals surface area (Å²) in [6.45, 7) is 5.28. The Kier molecular flexibility index (Phi) is 2.60. The van der Waals surface area contributed by atoms with Crippen molar-refractivity contribution in [3.63, 3.8) is 0 Å². The lowest BCUT2D eigenvalue weighted by Gasteiger charge is -1.97. The van der Waals surface area contributed by atoms with Gasteiger partial charge in [-0.2, -0.15) is 0 Å². The molecule has 0 radical (unpaired) electrons. The van der Waals surface area contributed by atoms with Gasteiger partial charge in [0.05, 0.1) is 5.56 Å². The number of aromatic nitrogens is 1. The van der Waals surface area contributed by atoms with Crippen molar-refractivity contribution in [1.82, 2.24) is 4.98 Å². The molecule has 16 heavy (non-hydrogen) atoms. The van der Waals surface area contributed by atoms with E-state index in [9.17, 15) is 4.79 Å². The zero-order valence-electron chi connectivity index (χ0n) is 9.57. The average Bonchev–Trinajstić information content (AvgIpc) is 2.55. The monoisotopic (exact) mass is 215 g/mol. The topological polar surface area (TPSA) is 43.1 Å². The Labute approximate surface area is 94.1 Å². The molecule has 0 aromatic carbocycles. The van der Waals surface area contributed by atoms with Crippen LogP contribution in [-0.2, 0) is 0 Å². The average molecular weight is 215 g/mol. The van der Waals surface area contributed by atoms with Gasteiger partial charge in [0.15, 0.2) is 5.78 Å². The van der Waals surface area contributed by atoms with E-state index in [0.717, 1.165) is 16.9 Å². The highest BCUT2D eigenvalue weighted by Gasteiger charge is 2.18. The maximum Gasteiger partial charge on any atom is 0.163 e. The molecule has 0 unspecified atom stereocenters. The number of Topliss-reactive ketones (excluding diaryl/α,β-unsaturated/α-hetero) is 1. The van der Waals surface area contributed by atoms with Crippen LogP contribution < -0.4 is 0 Å². The molecule has 82 valence electrons. The van der Waals surface area contributed by atoms with Gasteiger partial charge in [-0.25, -0.2) is 0 Å². The molecule has 3 heteroatoms. The molecule has 0 spiro atoms. The number of pyridine rings is 1. The van der Waals surface area contributed by atoms with Gasteiger partial charge in [-0.15, -0.1) is 0 Å². The molecular formula is C13H13NO2. The molecular weight excluding hydrogens is 202 g/mol. The predicted molar refractivity (Wildman–Crippen MR) is 61.4 cm³/mol. The summed E-state index contributed by atoms with van der Waals surface area (Å²) in [7, 11) is 0. The molecule has 0 saturated carbocycles. The fraction of sp³-hybridized carbons (Fsp3) is 0.231. The summed E-state index contributed by atoms with van der Waals surface area (Å²) < 4.78 is 5.64. The minimum atomic E-state index is 0.0408. The van der Waals surface area contributed by atoms with Crippen LogP contribution in [0.1, 0.15) is 28.6 Å². The maximum atomic E-state index is 11.5. The van der Waals surface area contributed by atoms with Crippen LogP contribution in [0.2, 0.25) is 0 Å². The second-order valence-corrected chi connectivity index (χ2v) is 3.78. The summed E-state index contributed by atoms with van der Waals surface area (Å²) in [5.41, 5.74) is 2.53. The summed E-state index contributed by atoms with van der Waals surface area (Å²) in [4.78, 5) is 15.4. The minimum Gasteiger partial charge on any atom is -0.460 e. The Balaban J connectivity index is 2.61. The van der Waals surface area contributed by atoms with Crippen molar-refractivity contribution < 1.29 is 9.21 Å². The van der Waals surface area contributed by atoms with Gasteiger partial charge < -0.3 is 4.42 Å². The number of carbonyl (C=O) groups excluding carboxylic acids is 1. The van der Waals surface area contributed by atoms with E-state index in [0.29, 0.717) is 11.3 Å². The Morgan fingerprint density at radius 1 is 1.25 bits per heavy atom. The molecule has 0 saturated heterocycles. The third-order valence-corrected chi connectivity index (χ3v) is 2.62. The van der Waals surface area contributed by atoms with Crippen molar-refractivity contribution in [2.75, 3.05) is 0 Å². The fourth-order valence-corrected chi connectivity index (χ4v) is 1.95. The van der Waals surface area contributed by atoms with Gasteiger partial charge in [-0.1, -0.05) is 0 Å². The molecule has 0 atom stereocenters. The van der Waals surface area contributed by atoms with E-state index in [-0.39, 0.29) is 5.78 Å².